The minimum atomic E-state index is -0.0594. The van der Waals surface area contributed by atoms with Crippen molar-refractivity contribution in [3.8, 4) is 5.75 Å². The predicted molar refractivity (Wildman–Crippen MR) is 75.3 cm³/mol. The molecule has 1 amide bonds. The predicted octanol–water partition coefficient (Wildman–Crippen LogP) is 2.67. The molecule has 0 aliphatic carbocycles. The zero-order valence-electron chi connectivity index (χ0n) is 11.0. The van der Waals surface area contributed by atoms with Gasteiger partial charge in [-0.05, 0) is 26.0 Å². The van der Waals surface area contributed by atoms with Gasteiger partial charge in [-0.1, -0.05) is 18.6 Å². The van der Waals surface area contributed by atoms with Crippen LogP contribution in [0.25, 0.3) is 0 Å². The fourth-order valence-electron chi connectivity index (χ4n) is 2.20. The Morgan fingerprint density at radius 2 is 2.17 bits per heavy atom. The summed E-state index contributed by atoms with van der Waals surface area (Å²) in [6.45, 7) is 6.89. The van der Waals surface area contributed by atoms with Crippen molar-refractivity contribution >= 4 is 17.7 Å². The first-order valence-electron chi connectivity index (χ1n) is 6.23. The van der Waals surface area contributed by atoms with Crippen LogP contribution in [0.5, 0.6) is 5.75 Å². The van der Waals surface area contributed by atoms with Gasteiger partial charge < -0.3 is 10.0 Å². The molecule has 1 heterocycles. The lowest BCUT2D eigenvalue weighted by atomic mass is 10.1. The van der Waals surface area contributed by atoms with Crippen molar-refractivity contribution in [3.63, 3.8) is 0 Å². The smallest absolute Gasteiger partial charge is 0.257 e. The molecule has 1 aliphatic heterocycles. The van der Waals surface area contributed by atoms with E-state index in [4.69, 9.17) is 0 Å². The van der Waals surface area contributed by atoms with Crippen LogP contribution in [0.4, 0.5) is 0 Å². The maximum absolute atomic E-state index is 12.5. The minimum Gasteiger partial charge on any atom is -0.507 e. The molecule has 3 nitrogen and oxygen atoms in total. The number of hydrogen-bond acceptors (Lipinski definition) is 3. The highest BCUT2D eigenvalue weighted by molar-refractivity contribution is 8.00. The lowest BCUT2D eigenvalue weighted by Gasteiger charge is -2.37. The first-order chi connectivity index (χ1) is 8.50. The van der Waals surface area contributed by atoms with Crippen LogP contribution in [0.3, 0.4) is 0 Å². The number of amides is 1. The highest BCUT2D eigenvalue weighted by atomic mass is 32.2. The number of hydrogen-bond donors (Lipinski definition) is 1. The van der Waals surface area contributed by atoms with Gasteiger partial charge in [0.1, 0.15) is 5.75 Å². The topological polar surface area (TPSA) is 40.5 Å². The summed E-state index contributed by atoms with van der Waals surface area (Å²) in [5, 5.41) is 10.3. The maximum Gasteiger partial charge on any atom is 0.257 e. The monoisotopic (exact) mass is 265 g/mol. The zero-order valence-corrected chi connectivity index (χ0v) is 11.8. The molecule has 1 fully saturated rings. The minimum absolute atomic E-state index is 0.0594. The molecular formula is C14H19NO2S. The summed E-state index contributed by atoms with van der Waals surface area (Å²) in [5.74, 6) is 0.976. The van der Waals surface area contributed by atoms with Crippen molar-refractivity contribution in [1.29, 1.82) is 0 Å². The molecule has 4 heteroatoms. The van der Waals surface area contributed by atoms with Gasteiger partial charge in [-0.2, -0.15) is 11.8 Å². The number of aromatic hydroxyl groups is 1. The van der Waals surface area contributed by atoms with E-state index in [1.807, 2.05) is 29.7 Å². The summed E-state index contributed by atoms with van der Waals surface area (Å²) in [6, 6.07) is 5.37. The van der Waals surface area contributed by atoms with Crippen molar-refractivity contribution in [1.82, 2.24) is 4.90 Å². The average Bonchev–Trinajstić information content (AvgIpc) is 2.35. The molecule has 0 saturated carbocycles. The Morgan fingerprint density at radius 1 is 1.44 bits per heavy atom. The Kier molecular flexibility index (Phi) is 3.85. The summed E-state index contributed by atoms with van der Waals surface area (Å²) in [4.78, 5) is 14.4. The second-order valence-corrected chi connectivity index (χ2v) is 6.32. The second-order valence-electron chi connectivity index (χ2n) is 4.84. The van der Waals surface area contributed by atoms with Crippen LogP contribution in [-0.2, 0) is 0 Å². The molecule has 1 aromatic carbocycles. The molecule has 0 radical (unpaired) electrons. The second kappa shape index (κ2) is 5.22. The molecule has 98 valence electrons. The van der Waals surface area contributed by atoms with Crippen molar-refractivity contribution in [2.45, 2.75) is 32.1 Å². The molecule has 1 saturated heterocycles. The largest absolute Gasteiger partial charge is 0.507 e. The molecule has 2 rings (SSSR count). The van der Waals surface area contributed by atoms with Crippen LogP contribution < -0.4 is 0 Å². The number of rotatable bonds is 1. The van der Waals surface area contributed by atoms with E-state index in [0.717, 1.165) is 17.9 Å². The van der Waals surface area contributed by atoms with Crippen LogP contribution in [0.1, 0.15) is 29.8 Å². The molecule has 1 N–H and O–H groups in total. The van der Waals surface area contributed by atoms with E-state index in [9.17, 15) is 9.90 Å². The third-order valence-electron chi connectivity index (χ3n) is 3.53. The highest BCUT2D eigenvalue weighted by Crippen LogP contribution is 2.28. The number of carbonyl (C=O) groups excluding carboxylic acids is 1. The summed E-state index contributed by atoms with van der Waals surface area (Å²) in [6.07, 6.45) is 0. The summed E-state index contributed by atoms with van der Waals surface area (Å²) in [5.41, 5.74) is 1.41. The van der Waals surface area contributed by atoms with E-state index in [-0.39, 0.29) is 17.7 Å². The van der Waals surface area contributed by atoms with Crippen molar-refractivity contribution < 1.29 is 9.90 Å². The SMILES string of the molecule is Cc1ccc(O)c(C(=O)N2CCSC(C)C2C)c1. The highest BCUT2D eigenvalue weighted by Gasteiger charge is 2.30. The van der Waals surface area contributed by atoms with Crippen molar-refractivity contribution in [2.75, 3.05) is 12.3 Å². The Bertz CT molecular complexity index is 461. The molecule has 1 aromatic rings. The first-order valence-corrected chi connectivity index (χ1v) is 7.27. The van der Waals surface area contributed by atoms with E-state index in [2.05, 4.69) is 13.8 Å². The lowest BCUT2D eigenvalue weighted by molar-refractivity contribution is 0.0695. The molecule has 0 aromatic heterocycles. The van der Waals surface area contributed by atoms with Crippen LogP contribution in [-0.4, -0.2) is 39.5 Å². The third-order valence-corrected chi connectivity index (χ3v) is 4.87. The van der Waals surface area contributed by atoms with E-state index in [1.165, 1.54) is 0 Å². The van der Waals surface area contributed by atoms with E-state index < -0.39 is 0 Å². The Morgan fingerprint density at radius 3 is 2.89 bits per heavy atom. The third kappa shape index (κ3) is 2.48. The molecule has 2 atom stereocenters. The van der Waals surface area contributed by atoms with Gasteiger partial charge in [0.25, 0.3) is 5.91 Å². The van der Waals surface area contributed by atoms with Crippen LogP contribution in [0.2, 0.25) is 0 Å². The quantitative estimate of drug-likeness (QED) is 0.848. The average molecular weight is 265 g/mol. The normalized spacial score (nSPS) is 24.1. The van der Waals surface area contributed by atoms with E-state index >= 15 is 0 Å². The lowest BCUT2D eigenvalue weighted by Crippen LogP contribution is -2.48. The number of aryl methyl sites for hydroxylation is 1. The fourth-order valence-corrected chi connectivity index (χ4v) is 3.29. The fraction of sp³-hybridized carbons (Fsp3) is 0.500. The van der Waals surface area contributed by atoms with Gasteiger partial charge in [0.05, 0.1) is 5.56 Å². The molecular weight excluding hydrogens is 246 g/mol. The molecule has 0 spiro atoms. The van der Waals surface area contributed by atoms with Crippen molar-refractivity contribution in [2.24, 2.45) is 0 Å². The van der Waals surface area contributed by atoms with Gasteiger partial charge in [0, 0.05) is 23.6 Å². The first kappa shape index (κ1) is 13.3. The summed E-state index contributed by atoms with van der Waals surface area (Å²) >= 11 is 1.89. The van der Waals surface area contributed by atoms with Gasteiger partial charge >= 0.3 is 0 Å². The Labute approximate surface area is 112 Å². The van der Waals surface area contributed by atoms with Gasteiger partial charge in [-0.25, -0.2) is 0 Å². The van der Waals surface area contributed by atoms with Crippen LogP contribution in [0.15, 0.2) is 18.2 Å². The maximum atomic E-state index is 12.5. The number of nitrogens with zero attached hydrogens (tertiary/aromatic N) is 1. The number of thioether (sulfide) groups is 1. The molecule has 1 aliphatic rings. The van der Waals surface area contributed by atoms with E-state index in [0.29, 0.717) is 10.8 Å². The van der Waals surface area contributed by atoms with Crippen molar-refractivity contribution in [3.05, 3.63) is 29.3 Å². The Balaban J connectivity index is 2.27. The van der Waals surface area contributed by atoms with Crippen LogP contribution >= 0.6 is 11.8 Å². The number of carbonyl (C=O) groups is 1. The van der Waals surface area contributed by atoms with E-state index in [1.54, 1.807) is 12.1 Å². The van der Waals surface area contributed by atoms with Gasteiger partial charge in [-0.15, -0.1) is 0 Å². The summed E-state index contributed by atoms with van der Waals surface area (Å²) < 4.78 is 0. The number of phenolic OH excluding ortho intramolecular Hbond substituents is 1. The van der Waals surface area contributed by atoms with Gasteiger partial charge in [0.15, 0.2) is 0 Å². The molecule has 18 heavy (non-hydrogen) atoms. The molecule has 0 bridgehead atoms. The summed E-state index contributed by atoms with van der Waals surface area (Å²) in [7, 11) is 0. The standard InChI is InChI=1S/C14H19NO2S/c1-9-4-5-13(16)12(8-9)14(17)15-6-7-18-11(3)10(15)2/h4-5,8,10-11,16H,6-7H2,1-3H3. The molecule has 2 unspecified atom stereocenters. The zero-order chi connectivity index (χ0) is 13.3. The Hall–Kier alpha value is -1.16. The number of phenols is 1. The van der Waals surface area contributed by atoms with Gasteiger partial charge in [0.2, 0.25) is 0 Å². The number of benzene rings is 1. The van der Waals surface area contributed by atoms with Gasteiger partial charge in [-0.3, -0.25) is 4.79 Å². The van der Waals surface area contributed by atoms with Crippen LogP contribution in [0, 0.1) is 6.92 Å².